The Morgan fingerprint density at radius 1 is 1.06 bits per heavy atom. The standard InChI is InChI=1S/C25H42N2O6/c1-11-13-17-14-18(22(30)32-24(5,6)7)27(23(31)33-25(8,9)10)20(17)19(26-16(4)28)21(29)15(3)12-2/h11,13,15,17-20H,12,14H2,1-10H3,(H,26,28)/b13-11-/t15?,17-,18-,19-,20-/m1/s1. The fraction of sp³-hybridized carbons (Fsp3) is 0.760. The lowest BCUT2D eigenvalue weighted by molar-refractivity contribution is -0.161. The van der Waals surface area contributed by atoms with E-state index in [1.54, 1.807) is 48.5 Å². The molecule has 1 heterocycles. The quantitative estimate of drug-likeness (QED) is 0.449. The topological polar surface area (TPSA) is 102 Å². The van der Waals surface area contributed by atoms with Crippen LogP contribution >= 0.6 is 0 Å². The fourth-order valence-electron chi connectivity index (χ4n) is 3.97. The Hall–Kier alpha value is -2.38. The van der Waals surface area contributed by atoms with Crippen molar-refractivity contribution in [3.05, 3.63) is 12.2 Å². The van der Waals surface area contributed by atoms with E-state index in [0.29, 0.717) is 6.42 Å². The highest BCUT2D eigenvalue weighted by Crippen LogP contribution is 2.37. The summed E-state index contributed by atoms with van der Waals surface area (Å²) in [4.78, 5) is 53.3. The van der Waals surface area contributed by atoms with Crippen molar-refractivity contribution in [3.63, 3.8) is 0 Å². The summed E-state index contributed by atoms with van der Waals surface area (Å²) in [6.07, 6.45) is 3.81. The normalized spacial score (nSPS) is 23.2. The predicted octanol–water partition coefficient (Wildman–Crippen LogP) is 4.02. The number of nitrogens with zero attached hydrogens (tertiary/aromatic N) is 1. The summed E-state index contributed by atoms with van der Waals surface area (Å²) in [5.41, 5.74) is -1.57. The first-order valence-corrected chi connectivity index (χ1v) is 11.7. The molecule has 0 aromatic heterocycles. The van der Waals surface area contributed by atoms with Gasteiger partial charge < -0.3 is 14.8 Å². The molecular weight excluding hydrogens is 424 g/mol. The van der Waals surface area contributed by atoms with E-state index in [1.807, 2.05) is 26.0 Å². The SMILES string of the molecule is C/C=C\[C@@H]1C[C@H](C(=O)OC(C)(C)C)N(C(=O)OC(C)(C)C)[C@H]1[C@@H](NC(C)=O)C(=O)C(C)CC. The van der Waals surface area contributed by atoms with Crippen LogP contribution in [0.15, 0.2) is 12.2 Å². The maximum atomic E-state index is 13.4. The predicted molar refractivity (Wildman–Crippen MR) is 126 cm³/mol. The van der Waals surface area contributed by atoms with Crippen LogP contribution in [0.1, 0.15) is 82.1 Å². The second-order valence-electron chi connectivity index (χ2n) is 10.7. The summed E-state index contributed by atoms with van der Waals surface area (Å²) in [5.74, 6) is -1.84. The molecule has 2 amide bonds. The summed E-state index contributed by atoms with van der Waals surface area (Å²) >= 11 is 0. The number of Topliss-reactive ketones (excluding diaryl/α,β-unsaturated/α-hetero) is 1. The van der Waals surface area contributed by atoms with Gasteiger partial charge in [-0.05, 0) is 61.3 Å². The highest BCUT2D eigenvalue weighted by Gasteiger charge is 2.53. The number of carbonyl (C=O) groups excluding carboxylic acids is 4. The first-order valence-electron chi connectivity index (χ1n) is 11.7. The average Bonchev–Trinajstić information content (AvgIpc) is 3.01. The first kappa shape index (κ1) is 28.7. The molecule has 0 spiro atoms. The van der Waals surface area contributed by atoms with Gasteiger partial charge >= 0.3 is 12.1 Å². The van der Waals surface area contributed by atoms with E-state index in [1.165, 1.54) is 11.8 Å². The minimum atomic E-state index is -0.987. The summed E-state index contributed by atoms with van der Waals surface area (Å²) in [6.45, 7) is 17.3. The number of likely N-dealkylation sites (tertiary alicyclic amines) is 1. The van der Waals surface area contributed by atoms with E-state index in [9.17, 15) is 19.2 Å². The van der Waals surface area contributed by atoms with E-state index in [2.05, 4.69) is 5.32 Å². The Labute approximate surface area is 198 Å². The Morgan fingerprint density at radius 3 is 2.03 bits per heavy atom. The van der Waals surface area contributed by atoms with E-state index < -0.39 is 41.4 Å². The molecule has 33 heavy (non-hydrogen) atoms. The van der Waals surface area contributed by atoms with Crippen LogP contribution in [0, 0.1) is 11.8 Å². The van der Waals surface area contributed by atoms with Crippen molar-refractivity contribution < 1.29 is 28.7 Å². The van der Waals surface area contributed by atoms with Gasteiger partial charge in [-0.2, -0.15) is 0 Å². The first-order chi connectivity index (χ1) is 15.0. The van der Waals surface area contributed by atoms with Crippen molar-refractivity contribution in [2.24, 2.45) is 11.8 Å². The highest BCUT2D eigenvalue weighted by atomic mass is 16.6. The zero-order valence-electron chi connectivity index (χ0n) is 21.9. The molecule has 0 aromatic carbocycles. The summed E-state index contributed by atoms with van der Waals surface area (Å²) in [6, 6.07) is -2.73. The van der Waals surface area contributed by atoms with Gasteiger partial charge in [0.25, 0.3) is 0 Å². The molecule has 0 aromatic rings. The van der Waals surface area contributed by atoms with E-state index in [0.717, 1.165) is 0 Å². The monoisotopic (exact) mass is 466 g/mol. The number of esters is 1. The maximum absolute atomic E-state index is 13.4. The summed E-state index contributed by atoms with van der Waals surface area (Å²) in [5, 5.41) is 2.76. The molecule has 1 unspecified atom stereocenters. The van der Waals surface area contributed by atoms with Gasteiger partial charge in [0.2, 0.25) is 5.91 Å². The third-order valence-corrected chi connectivity index (χ3v) is 5.42. The number of carbonyl (C=O) groups is 4. The maximum Gasteiger partial charge on any atom is 0.411 e. The summed E-state index contributed by atoms with van der Waals surface area (Å²) < 4.78 is 11.3. The average molecular weight is 467 g/mol. The van der Waals surface area contributed by atoms with Crippen LogP contribution in [0.25, 0.3) is 0 Å². The number of ketones is 1. The van der Waals surface area contributed by atoms with Crippen molar-refractivity contribution in [2.45, 2.75) is 111 Å². The lowest BCUT2D eigenvalue weighted by Gasteiger charge is -2.37. The Bertz CT molecular complexity index is 762. The fourth-order valence-corrected chi connectivity index (χ4v) is 3.97. The van der Waals surface area contributed by atoms with Gasteiger partial charge in [0.15, 0.2) is 5.78 Å². The smallest absolute Gasteiger partial charge is 0.411 e. The lowest BCUT2D eigenvalue weighted by Crippen LogP contribution is -2.60. The van der Waals surface area contributed by atoms with Gasteiger partial charge in [0.05, 0.1) is 6.04 Å². The molecule has 1 aliphatic heterocycles. The molecule has 0 aliphatic carbocycles. The molecule has 1 aliphatic rings. The number of ether oxygens (including phenoxy) is 2. The molecule has 8 heteroatoms. The molecule has 1 rings (SSSR count). The molecule has 188 valence electrons. The number of allylic oxidation sites excluding steroid dienone is 1. The zero-order valence-corrected chi connectivity index (χ0v) is 21.9. The van der Waals surface area contributed by atoms with Gasteiger partial charge in [-0.25, -0.2) is 9.59 Å². The number of hydrogen-bond donors (Lipinski definition) is 1. The second-order valence-corrected chi connectivity index (χ2v) is 10.7. The van der Waals surface area contributed by atoms with Gasteiger partial charge in [-0.1, -0.05) is 26.0 Å². The number of nitrogens with one attached hydrogen (secondary N) is 1. The Balaban J connectivity index is 3.63. The van der Waals surface area contributed by atoms with Crippen LogP contribution in [0.4, 0.5) is 4.79 Å². The molecule has 0 radical (unpaired) electrons. The van der Waals surface area contributed by atoms with Gasteiger partial charge in [0, 0.05) is 18.8 Å². The molecule has 1 N–H and O–H groups in total. The lowest BCUT2D eigenvalue weighted by atomic mass is 9.86. The third-order valence-electron chi connectivity index (χ3n) is 5.42. The third kappa shape index (κ3) is 8.16. The van der Waals surface area contributed by atoms with Gasteiger partial charge in [0.1, 0.15) is 23.3 Å². The van der Waals surface area contributed by atoms with Crippen LogP contribution in [0.3, 0.4) is 0 Å². The van der Waals surface area contributed by atoms with Crippen LogP contribution in [-0.2, 0) is 23.9 Å². The molecule has 0 bridgehead atoms. The molecule has 0 saturated carbocycles. The minimum Gasteiger partial charge on any atom is -0.458 e. The molecule has 8 nitrogen and oxygen atoms in total. The number of rotatable bonds is 7. The van der Waals surface area contributed by atoms with E-state index in [4.69, 9.17) is 9.47 Å². The zero-order chi connectivity index (χ0) is 25.7. The van der Waals surface area contributed by atoms with Crippen molar-refractivity contribution in [1.29, 1.82) is 0 Å². The summed E-state index contributed by atoms with van der Waals surface area (Å²) in [7, 11) is 0. The largest absolute Gasteiger partial charge is 0.458 e. The van der Waals surface area contributed by atoms with Crippen molar-refractivity contribution >= 4 is 23.8 Å². The van der Waals surface area contributed by atoms with E-state index in [-0.39, 0.29) is 29.9 Å². The molecule has 1 saturated heterocycles. The van der Waals surface area contributed by atoms with E-state index >= 15 is 0 Å². The minimum absolute atomic E-state index is 0.189. The van der Waals surface area contributed by atoms with Crippen LogP contribution in [0.2, 0.25) is 0 Å². The number of amides is 2. The Kier molecular flexibility index (Phi) is 9.69. The van der Waals surface area contributed by atoms with Crippen molar-refractivity contribution in [2.75, 3.05) is 0 Å². The van der Waals surface area contributed by atoms with Crippen molar-refractivity contribution in [3.8, 4) is 0 Å². The molecular formula is C25H42N2O6. The van der Waals surface area contributed by atoms with Crippen LogP contribution in [0.5, 0.6) is 0 Å². The Morgan fingerprint density at radius 2 is 1.61 bits per heavy atom. The number of hydrogen-bond acceptors (Lipinski definition) is 6. The van der Waals surface area contributed by atoms with Crippen LogP contribution in [-0.4, -0.2) is 58.0 Å². The molecule has 5 atom stereocenters. The van der Waals surface area contributed by atoms with Gasteiger partial charge in [-0.3, -0.25) is 14.5 Å². The van der Waals surface area contributed by atoms with Crippen LogP contribution < -0.4 is 5.32 Å². The van der Waals surface area contributed by atoms with Gasteiger partial charge in [-0.15, -0.1) is 0 Å². The molecule has 1 fully saturated rings. The highest BCUT2D eigenvalue weighted by molar-refractivity contribution is 5.92. The second kappa shape index (κ2) is 11.2. The van der Waals surface area contributed by atoms with Crippen molar-refractivity contribution in [1.82, 2.24) is 10.2 Å².